The molecule has 33 heavy (non-hydrogen) atoms. The fraction of sp³-hybridized carbons (Fsp3) is 0.258. The summed E-state index contributed by atoms with van der Waals surface area (Å²) in [6.45, 7) is 8.86. The summed E-state index contributed by atoms with van der Waals surface area (Å²) in [5.74, 6) is 0.148. The summed E-state index contributed by atoms with van der Waals surface area (Å²) in [7, 11) is 0. The van der Waals surface area contributed by atoms with Crippen LogP contribution < -0.4 is 4.90 Å². The van der Waals surface area contributed by atoms with Gasteiger partial charge in [0.15, 0.2) is 0 Å². The molecule has 1 unspecified atom stereocenters. The SMILES string of the molecule is Cc1ccc(C2(C)CC(C)(C)N(C(=O)Cc3cccc4ccccc34)c3ccccc32)cc1. The first-order valence-corrected chi connectivity index (χ1v) is 11.8. The summed E-state index contributed by atoms with van der Waals surface area (Å²) in [5.41, 5.74) is 5.41. The Kier molecular flexibility index (Phi) is 5.12. The van der Waals surface area contributed by atoms with Crippen LogP contribution in [0.3, 0.4) is 0 Å². The molecule has 1 atom stereocenters. The van der Waals surface area contributed by atoms with E-state index in [0.717, 1.165) is 23.1 Å². The molecule has 4 aromatic carbocycles. The average molecular weight is 434 g/mol. The van der Waals surface area contributed by atoms with Crippen LogP contribution in [0, 0.1) is 6.92 Å². The van der Waals surface area contributed by atoms with E-state index in [0.29, 0.717) is 6.42 Å². The maximum Gasteiger partial charge on any atom is 0.231 e. The number of carbonyl (C=O) groups excluding carboxylic acids is 1. The van der Waals surface area contributed by atoms with E-state index in [1.165, 1.54) is 22.1 Å². The van der Waals surface area contributed by atoms with E-state index < -0.39 is 0 Å². The number of fused-ring (bicyclic) bond motifs is 2. The number of amides is 1. The Morgan fingerprint density at radius 2 is 1.48 bits per heavy atom. The third-order valence-corrected chi connectivity index (χ3v) is 7.29. The molecule has 166 valence electrons. The molecule has 0 saturated heterocycles. The fourth-order valence-corrected chi connectivity index (χ4v) is 5.84. The first-order chi connectivity index (χ1) is 15.8. The Morgan fingerprint density at radius 3 is 2.27 bits per heavy atom. The molecule has 0 saturated carbocycles. The van der Waals surface area contributed by atoms with Gasteiger partial charge in [-0.1, -0.05) is 97.4 Å². The van der Waals surface area contributed by atoms with Gasteiger partial charge in [0.2, 0.25) is 5.91 Å². The molecular weight excluding hydrogens is 402 g/mol. The molecule has 0 aromatic heterocycles. The zero-order chi connectivity index (χ0) is 23.2. The van der Waals surface area contributed by atoms with E-state index in [1.54, 1.807) is 0 Å². The van der Waals surface area contributed by atoms with Crippen molar-refractivity contribution >= 4 is 22.4 Å². The molecule has 1 aliphatic rings. The lowest BCUT2D eigenvalue weighted by atomic mass is 9.65. The molecule has 4 aromatic rings. The van der Waals surface area contributed by atoms with Crippen LogP contribution in [0.4, 0.5) is 5.69 Å². The van der Waals surface area contributed by atoms with Gasteiger partial charge in [-0.25, -0.2) is 0 Å². The van der Waals surface area contributed by atoms with Crippen molar-refractivity contribution in [3.05, 3.63) is 113 Å². The van der Waals surface area contributed by atoms with Crippen molar-refractivity contribution in [2.45, 2.75) is 51.5 Å². The van der Waals surface area contributed by atoms with Crippen molar-refractivity contribution in [3.63, 3.8) is 0 Å². The van der Waals surface area contributed by atoms with Gasteiger partial charge in [-0.05, 0) is 60.7 Å². The number of carbonyl (C=O) groups is 1. The zero-order valence-corrected chi connectivity index (χ0v) is 19.9. The molecule has 1 heterocycles. The molecule has 0 fully saturated rings. The van der Waals surface area contributed by atoms with Crippen molar-refractivity contribution in [1.29, 1.82) is 0 Å². The first-order valence-electron chi connectivity index (χ1n) is 11.8. The second-order valence-electron chi connectivity index (χ2n) is 10.2. The van der Waals surface area contributed by atoms with Crippen molar-refractivity contribution < 1.29 is 4.79 Å². The standard InChI is InChI=1S/C31H31NO/c1-22-16-18-25(19-17-22)31(4)21-30(2,3)32(28-15-8-7-14-27(28)31)29(33)20-24-12-9-11-23-10-5-6-13-26(23)24/h5-19H,20-21H2,1-4H3. The predicted octanol–water partition coefficient (Wildman–Crippen LogP) is 7.21. The van der Waals surface area contributed by atoms with E-state index in [2.05, 4.69) is 105 Å². The Hall–Kier alpha value is -3.39. The van der Waals surface area contributed by atoms with E-state index in [4.69, 9.17) is 0 Å². The molecule has 2 nitrogen and oxygen atoms in total. The Labute approximate surface area is 196 Å². The van der Waals surface area contributed by atoms with Crippen LogP contribution in [0.25, 0.3) is 10.8 Å². The van der Waals surface area contributed by atoms with Crippen molar-refractivity contribution in [2.75, 3.05) is 4.90 Å². The summed E-state index contributed by atoms with van der Waals surface area (Å²) >= 11 is 0. The number of para-hydroxylation sites is 1. The van der Waals surface area contributed by atoms with Gasteiger partial charge in [0.05, 0.1) is 6.42 Å². The van der Waals surface area contributed by atoms with Crippen LogP contribution in [0.2, 0.25) is 0 Å². The van der Waals surface area contributed by atoms with Crippen LogP contribution >= 0.6 is 0 Å². The van der Waals surface area contributed by atoms with E-state index in [9.17, 15) is 4.79 Å². The van der Waals surface area contributed by atoms with Crippen LogP contribution in [0.15, 0.2) is 91.0 Å². The van der Waals surface area contributed by atoms with Crippen molar-refractivity contribution in [3.8, 4) is 0 Å². The second kappa shape index (κ2) is 7.88. The fourth-order valence-electron chi connectivity index (χ4n) is 5.84. The second-order valence-corrected chi connectivity index (χ2v) is 10.2. The average Bonchev–Trinajstić information content (AvgIpc) is 2.79. The molecule has 0 bridgehead atoms. The highest BCUT2D eigenvalue weighted by molar-refractivity contribution is 6.00. The highest BCUT2D eigenvalue weighted by Crippen LogP contribution is 2.50. The molecule has 5 rings (SSSR count). The number of aryl methyl sites for hydroxylation is 1. The van der Waals surface area contributed by atoms with Gasteiger partial charge in [0.25, 0.3) is 0 Å². The minimum atomic E-state index is -0.324. The third kappa shape index (κ3) is 3.64. The molecule has 0 radical (unpaired) electrons. The van der Waals surface area contributed by atoms with E-state index >= 15 is 0 Å². The number of hydrogen-bond donors (Lipinski definition) is 0. The van der Waals surface area contributed by atoms with Gasteiger partial charge >= 0.3 is 0 Å². The lowest BCUT2D eigenvalue weighted by Gasteiger charge is -2.51. The van der Waals surface area contributed by atoms with Crippen molar-refractivity contribution in [2.24, 2.45) is 0 Å². The highest BCUT2D eigenvalue weighted by Gasteiger charge is 2.47. The Balaban J connectivity index is 1.59. The monoisotopic (exact) mass is 433 g/mol. The third-order valence-electron chi connectivity index (χ3n) is 7.29. The molecule has 1 aliphatic heterocycles. The van der Waals surface area contributed by atoms with Crippen LogP contribution in [0.5, 0.6) is 0 Å². The molecule has 0 N–H and O–H groups in total. The van der Waals surface area contributed by atoms with Gasteiger partial charge < -0.3 is 4.90 Å². The summed E-state index contributed by atoms with van der Waals surface area (Å²) in [5, 5.41) is 2.33. The lowest BCUT2D eigenvalue weighted by Crippen LogP contribution is -2.56. The quantitative estimate of drug-likeness (QED) is 0.334. The molecule has 2 heteroatoms. The Bertz CT molecular complexity index is 1330. The largest absolute Gasteiger partial charge is 0.306 e. The number of nitrogens with zero attached hydrogens (tertiary/aromatic N) is 1. The first kappa shape index (κ1) is 21.5. The van der Waals surface area contributed by atoms with Gasteiger partial charge in [-0.15, -0.1) is 0 Å². The summed E-state index contributed by atoms with van der Waals surface area (Å²) < 4.78 is 0. The summed E-state index contributed by atoms with van der Waals surface area (Å²) in [6, 6.07) is 31.9. The molecule has 0 aliphatic carbocycles. The van der Waals surface area contributed by atoms with Gasteiger partial charge in [-0.2, -0.15) is 0 Å². The predicted molar refractivity (Wildman–Crippen MR) is 138 cm³/mol. The number of anilines is 1. The number of hydrogen-bond acceptors (Lipinski definition) is 1. The zero-order valence-electron chi connectivity index (χ0n) is 19.9. The number of benzene rings is 4. The molecular formula is C31H31NO. The van der Waals surface area contributed by atoms with Gasteiger partial charge in [0, 0.05) is 16.6 Å². The smallest absolute Gasteiger partial charge is 0.231 e. The molecule has 0 spiro atoms. The number of rotatable bonds is 3. The van der Waals surface area contributed by atoms with E-state index in [-0.39, 0.29) is 16.9 Å². The minimum Gasteiger partial charge on any atom is -0.306 e. The van der Waals surface area contributed by atoms with Gasteiger partial charge in [-0.3, -0.25) is 4.79 Å². The van der Waals surface area contributed by atoms with E-state index in [1.807, 2.05) is 18.2 Å². The minimum absolute atomic E-state index is 0.148. The Morgan fingerprint density at radius 1 is 0.818 bits per heavy atom. The maximum atomic E-state index is 13.9. The summed E-state index contributed by atoms with van der Waals surface area (Å²) in [4.78, 5) is 16.0. The normalized spacial score (nSPS) is 19.3. The van der Waals surface area contributed by atoms with Gasteiger partial charge in [0.1, 0.15) is 0 Å². The van der Waals surface area contributed by atoms with Crippen LogP contribution in [0.1, 0.15) is 49.4 Å². The van der Waals surface area contributed by atoms with Crippen molar-refractivity contribution in [1.82, 2.24) is 0 Å². The van der Waals surface area contributed by atoms with Crippen LogP contribution in [-0.2, 0) is 16.6 Å². The molecule has 1 amide bonds. The lowest BCUT2D eigenvalue weighted by molar-refractivity contribution is -0.119. The summed E-state index contributed by atoms with van der Waals surface area (Å²) in [6.07, 6.45) is 1.25. The van der Waals surface area contributed by atoms with Crippen LogP contribution in [-0.4, -0.2) is 11.4 Å². The highest BCUT2D eigenvalue weighted by atomic mass is 16.2. The maximum absolute atomic E-state index is 13.9. The topological polar surface area (TPSA) is 20.3 Å².